The Balaban J connectivity index is 0.00000176. The zero-order chi connectivity index (χ0) is 14.7. The molecule has 0 saturated carbocycles. The Morgan fingerprint density at radius 3 is 2.59 bits per heavy atom. The molecule has 2 aromatic rings. The number of hydrogen-bond donors (Lipinski definition) is 2. The van der Waals surface area contributed by atoms with Crippen LogP contribution in [0.3, 0.4) is 0 Å². The first-order valence-corrected chi connectivity index (χ1v) is 7.42. The number of benzene rings is 2. The minimum Gasteiger partial charge on any atom is -0.348 e. The smallest absolute Gasteiger partial charge is 0.237 e. The van der Waals surface area contributed by atoms with Gasteiger partial charge in [-0.15, -0.1) is 12.4 Å². The van der Waals surface area contributed by atoms with E-state index in [-0.39, 0.29) is 24.4 Å². The first-order valence-electron chi connectivity index (χ1n) is 7.42. The Morgan fingerprint density at radius 1 is 1.14 bits per heavy atom. The maximum Gasteiger partial charge on any atom is 0.237 e. The van der Waals surface area contributed by atoms with Gasteiger partial charge in [-0.05, 0) is 36.0 Å². The van der Waals surface area contributed by atoms with Crippen LogP contribution in [0.15, 0.2) is 54.6 Å². The second-order valence-electron chi connectivity index (χ2n) is 5.59. The molecule has 1 aliphatic rings. The summed E-state index contributed by atoms with van der Waals surface area (Å²) in [7, 11) is 0. The number of nitrogens with two attached hydrogens (primary N) is 1. The first-order chi connectivity index (χ1) is 10.2. The summed E-state index contributed by atoms with van der Waals surface area (Å²) < 4.78 is 0. The lowest BCUT2D eigenvalue weighted by Gasteiger charge is -2.18. The zero-order valence-corrected chi connectivity index (χ0v) is 13.2. The fourth-order valence-electron chi connectivity index (χ4n) is 2.95. The predicted octanol–water partition coefficient (Wildman–Crippen LogP) is 2.78. The van der Waals surface area contributed by atoms with E-state index in [1.165, 1.54) is 11.1 Å². The highest BCUT2D eigenvalue weighted by molar-refractivity contribution is 5.85. The third kappa shape index (κ3) is 3.67. The summed E-state index contributed by atoms with van der Waals surface area (Å²) >= 11 is 0. The summed E-state index contributed by atoms with van der Waals surface area (Å²) in [6, 6.07) is 17.8. The van der Waals surface area contributed by atoms with E-state index in [4.69, 9.17) is 5.73 Å². The summed E-state index contributed by atoms with van der Waals surface area (Å²) in [6.45, 7) is 0. The minimum absolute atomic E-state index is 0. The number of hydrogen-bond acceptors (Lipinski definition) is 2. The van der Waals surface area contributed by atoms with Crippen molar-refractivity contribution in [2.75, 3.05) is 0 Å². The van der Waals surface area contributed by atoms with Gasteiger partial charge in [0.1, 0.15) is 0 Å². The lowest BCUT2D eigenvalue weighted by Crippen LogP contribution is -2.43. The van der Waals surface area contributed by atoms with Crippen molar-refractivity contribution < 1.29 is 4.79 Å². The molecule has 0 heterocycles. The third-order valence-electron chi connectivity index (χ3n) is 4.08. The van der Waals surface area contributed by atoms with Crippen LogP contribution in [-0.2, 0) is 17.6 Å². The average molecular weight is 317 g/mol. The molecule has 3 rings (SSSR count). The number of halogens is 1. The monoisotopic (exact) mass is 316 g/mol. The van der Waals surface area contributed by atoms with Gasteiger partial charge in [0.05, 0.1) is 12.1 Å². The number of aryl methyl sites for hydroxylation is 1. The fraction of sp³-hybridized carbons (Fsp3) is 0.278. The number of nitrogens with one attached hydrogen (secondary N) is 1. The van der Waals surface area contributed by atoms with Crippen molar-refractivity contribution in [1.29, 1.82) is 0 Å². The van der Waals surface area contributed by atoms with E-state index < -0.39 is 6.04 Å². The Morgan fingerprint density at radius 2 is 1.82 bits per heavy atom. The maximum absolute atomic E-state index is 12.3. The fourth-order valence-corrected chi connectivity index (χ4v) is 2.95. The van der Waals surface area contributed by atoms with Gasteiger partial charge in [-0.2, -0.15) is 0 Å². The maximum atomic E-state index is 12.3. The molecule has 0 radical (unpaired) electrons. The summed E-state index contributed by atoms with van der Waals surface area (Å²) in [5, 5.41) is 3.09. The summed E-state index contributed by atoms with van der Waals surface area (Å²) in [5.41, 5.74) is 9.69. The van der Waals surface area contributed by atoms with Crippen molar-refractivity contribution in [1.82, 2.24) is 5.32 Å². The topological polar surface area (TPSA) is 55.1 Å². The van der Waals surface area contributed by atoms with E-state index >= 15 is 0 Å². The van der Waals surface area contributed by atoms with Crippen molar-refractivity contribution in [3.8, 4) is 0 Å². The van der Waals surface area contributed by atoms with E-state index in [9.17, 15) is 4.79 Å². The van der Waals surface area contributed by atoms with E-state index in [0.29, 0.717) is 6.42 Å². The van der Waals surface area contributed by atoms with Crippen molar-refractivity contribution >= 4 is 18.3 Å². The van der Waals surface area contributed by atoms with Crippen LogP contribution >= 0.6 is 12.4 Å². The second-order valence-corrected chi connectivity index (χ2v) is 5.59. The van der Waals surface area contributed by atoms with Crippen LogP contribution in [0.2, 0.25) is 0 Å². The van der Waals surface area contributed by atoms with Crippen LogP contribution in [0.25, 0.3) is 0 Å². The van der Waals surface area contributed by atoms with Crippen LogP contribution in [0.1, 0.15) is 29.2 Å². The predicted molar refractivity (Wildman–Crippen MR) is 91.0 cm³/mol. The highest BCUT2D eigenvalue weighted by Crippen LogP contribution is 2.30. The lowest BCUT2D eigenvalue weighted by molar-refractivity contribution is -0.123. The summed E-state index contributed by atoms with van der Waals surface area (Å²) in [6.07, 6.45) is 2.55. The number of rotatable bonds is 4. The standard InChI is InChI=1S/C18H20N2O.ClH/c19-16(12-13-6-2-1-3-7-13)18(21)20-17-11-10-14-8-4-5-9-15(14)17;/h1-9,16-17H,10-12,19H2,(H,20,21);1H. The number of carbonyl (C=O) groups excluding carboxylic acids is 1. The highest BCUT2D eigenvalue weighted by Gasteiger charge is 2.25. The van der Waals surface area contributed by atoms with Gasteiger partial charge < -0.3 is 11.1 Å². The van der Waals surface area contributed by atoms with E-state index in [1.54, 1.807) is 0 Å². The molecule has 0 saturated heterocycles. The SMILES string of the molecule is Cl.NC(Cc1ccccc1)C(=O)NC1CCc2ccccc21. The van der Waals surface area contributed by atoms with Gasteiger partial charge in [-0.25, -0.2) is 0 Å². The molecule has 2 atom stereocenters. The molecule has 0 fully saturated rings. The molecule has 0 aromatic heterocycles. The summed E-state index contributed by atoms with van der Waals surface area (Å²) in [4.78, 5) is 12.3. The second kappa shape index (κ2) is 7.43. The highest BCUT2D eigenvalue weighted by atomic mass is 35.5. The molecule has 1 amide bonds. The molecule has 22 heavy (non-hydrogen) atoms. The average Bonchev–Trinajstić information content (AvgIpc) is 2.91. The Hall–Kier alpha value is -1.84. The molecule has 0 aliphatic heterocycles. The normalized spacial score (nSPS) is 17.2. The van der Waals surface area contributed by atoms with Gasteiger partial charge in [-0.3, -0.25) is 4.79 Å². The van der Waals surface area contributed by atoms with Gasteiger partial charge >= 0.3 is 0 Å². The minimum atomic E-state index is -0.500. The van der Waals surface area contributed by atoms with Gasteiger partial charge in [0.2, 0.25) is 5.91 Å². The molecule has 0 bridgehead atoms. The Kier molecular flexibility index (Phi) is 5.58. The number of amides is 1. The molecular formula is C18H21ClN2O. The van der Waals surface area contributed by atoms with Crippen molar-refractivity contribution in [2.24, 2.45) is 5.73 Å². The van der Waals surface area contributed by atoms with E-state index in [2.05, 4.69) is 17.4 Å². The van der Waals surface area contributed by atoms with Gasteiger partial charge in [-0.1, -0.05) is 54.6 Å². The number of carbonyl (C=O) groups is 1. The quantitative estimate of drug-likeness (QED) is 0.911. The first kappa shape index (κ1) is 16.5. The van der Waals surface area contributed by atoms with Crippen LogP contribution < -0.4 is 11.1 Å². The Bertz CT molecular complexity index is 630. The van der Waals surface area contributed by atoms with Crippen LogP contribution in [0, 0.1) is 0 Å². The molecular weight excluding hydrogens is 296 g/mol. The van der Waals surface area contributed by atoms with Crippen LogP contribution in [0.4, 0.5) is 0 Å². The lowest BCUT2D eigenvalue weighted by atomic mass is 10.0. The molecule has 4 heteroatoms. The van der Waals surface area contributed by atoms with Gasteiger partial charge in [0, 0.05) is 0 Å². The molecule has 0 spiro atoms. The van der Waals surface area contributed by atoms with E-state index in [1.807, 2.05) is 42.5 Å². The molecule has 2 unspecified atom stereocenters. The molecule has 1 aliphatic carbocycles. The van der Waals surface area contributed by atoms with Crippen molar-refractivity contribution in [2.45, 2.75) is 31.3 Å². The van der Waals surface area contributed by atoms with Gasteiger partial charge in [0.15, 0.2) is 0 Å². The summed E-state index contributed by atoms with van der Waals surface area (Å²) in [5.74, 6) is -0.0689. The van der Waals surface area contributed by atoms with Crippen LogP contribution in [-0.4, -0.2) is 11.9 Å². The van der Waals surface area contributed by atoms with Crippen molar-refractivity contribution in [3.05, 3.63) is 71.3 Å². The third-order valence-corrected chi connectivity index (χ3v) is 4.08. The molecule has 2 aromatic carbocycles. The number of fused-ring (bicyclic) bond motifs is 1. The van der Waals surface area contributed by atoms with Crippen LogP contribution in [0.5, 0.6) is 0 Å². The molecule has 3 N–H and O–H groups in total. The van der Waals surface area contributed by atoms with Gasteiger partial charge in [0.25, 0.3) is 0 Å². The largest absolute Gasteiger partial charge is 0.348 e. The molecule has 3 nitrogen and oxygen atoms in total. The van der Waals surface area contributed by atoms with E-state index in [0.717, 1.165) is 18.4 Å². The molecule has 116 valence electrons. The van der Waals surface area contributed by atoms with Crippen molar-refractivity contribution in [3.63, 3.8) is 0 Å². The Labute approximate surface area is 137 Å². The zero-order valence-electron chi connectivity index (χ0n) is 12.4.